The molecule has 1 fully saturated rings. The van der Waals surface area contributed by atoms with Gasteiger partial charge in [-0.15, -0.1) is 0 Å². The molecule has 0 unspecified atom stereocenters. The SMILES string of the molecule is Cc1cccc2cc(CN)nc(N3CCN(C)CC3)c12. The Morgan fingerprint density at radius 2 is 1.95 bits per heavy atom. The predicted octanol–water partition coefficient (Wildman–Crippen LogP) is 1.75. The Morgan fingerprint density at radius 1 is 1.20 bits per heavy atom. The number of hydrogen-bond acceptors (Lipinski definition) is 4. The van der Waals surface area contributed by atoms with E-state index in [2.05, 4.69) is 48.0 Å². The average molecular weight is 270 g/mol. The smallest absolute Gasteiger partial charge is 0.137 e. The standard InChI is InChI=1S/C16H22N4/c1-12-4-3-5-13-10-14(11-17)18-16(15(12)13)20-8-6-19(2)7-9-20/h3-5,10H,6-9,11,17H2,1-2H3. The van der Waals surface area contributed by atoms with Gasteiger partial charge in [0.25, 0.3) is 0 Å². The van der Waals surface area contributed by atoms with E-state index in [4.69, 9.17) is 10.7 Å². The molecule has 20 heavy (non-hydrogen) atoms. The first kappa shape index (κ1) is 13.3. The number of fused-ring (bicyclic) bond motifs is 1. The summed E-state index contributed by atoms with van der Waals surface area (Å²) in [6.07, 6.45) is 0. The van der Waals surface area contributed by atoms with E-state index in [0.29, 0.717) is 6.54 Å². The van der Waals surface area contributed by atoms with Crippen LogP contribution in [-0.2, 0) is 6.54 Å². The van der Waals surface area contributed by atoms with Crippen molar-refractivity contribution in [3.05, 3.63) is 35.5 Å². The zero-order chi connectivity index (χ0) is 14.1. The molecular weight excluding hydrogens is 248 g/mol. The van der Waals surface area contributed by atoms with Crippen molar-refractivity contribution in [1.29, 1.82) is 0 Å². The molecule has 1 saturated heterocycles. The fraction of sp³-hybridized carbons (Fsp3) is 0.438. The molecular formula is C16H22N4. The van der Waals surface area contributed by atoms with Crippen LogP contribution in [0.3, 0.4) is 0 Å². The van der Waals surface area contributed by atoms with E-state index in [9.17, 15) is 0 Å². The summed E-state index contributed by atoms with van der Waals surface area (Å²) in [7, 11) is 2.17. The number of nitrogens with zero attached hydrogens (tertiary/aromatic N) is 3. The maximum Gasteiger partial charge on any atom is 0.137 e. The molecule has 0 bridgehead atoms. The van der Waals surface area contributed by atoms with Crippen molar-refractivity contribution in [3.8, 4) is 0 Å². The van der Waals surface area contributed by atoms with Gasteiger partial charge in [-0.25, -0.2) is 4.98 Å². The van der Waals surface area contributed by atoms with Crippen molar-refractivity contribution < 1.29 is 0 Å². The first-order chi connectivity index (χ1) is 9.69. The molecule has 2 heterocycles. The number of pyridine rings is 1. The molecule has 106 valence electrons. The molecule has 3 rings (SSSR count). The minimum Gasteiger partial charge on any atom is -0.354 e. The second kappa shape index (κ2) is 5.38. The Bertz CT molecular complexity index is 615. The van der Waals surface area contributed by atoms with Crippen LogP contribution < -0.4 is 10.6 Å². The number of piperazine rings is 1. The van der Waals surface area contributed by atoms with E-state index in [-0.39, 0.29) is 0 Å². The molecule has 2 N–H and O–H groups in total. The number of hydrogen-bond donors (Lipinski definition) is 1. The summed E-state index contributed by atoms with van der Waals surface area (Å²) < 4.78 is 0. The minimum absolute atomic E-state index is 0.491. The van der Waals surface area contributed by atoms with Crippen LogP contribution in [0.1, 0.15) is 11.3 Å². The van der Waals surface area contributed by atoms with E-state index in [0.717, 1.165) is 37.7 Å². The van der Waals surface area contributed by atoms with Crippen LogP contribution in [0.15, 0.2) is 24.3 Å². The van der Waals surface area contributed by atoms with Crippen LogP contribution in [0.4, 0.5) is 5.82 Å². The second-order valence-corrected chi connectivity index (χ2v) is 5.60. The molecule has 1 aromatic heterocycles. The normalized spacial score (nSPS) is 16.9. The third-order valence-corrected chi connectivity index (χ3v) is 4.11. The van der Waals surface area contributed by atoms with Crippen molar-refractivity contribution >= 4 is 16.6 Å². The largest absolute Gasteiger partial charge is 0.354 e. The lowest BCUT2D eigenvalue weighted by atomic mass is 10.0. The van der Waals surface area contributed by atoms with E-state index >= 15 is 0 Å². The summed E-state index contributed by atoms with van der Waals surface area (Å²) in [5, 5.41) is 2.52. The topological polar surface area (TPSA) is 45.4 Å². The van der Waals surface area contributed by atoms with Gasteiger partial charge in [-0.2, -0.15) is 0 Å². The van der Waals surface area contributed by atoms with Gasteiger partial charge in [-0.05, 0) is 31.0 Å². The fourth-order valence-corrected chi connectivity index (χ4v) is 2.87. The van der Waals surface area contributed by atoms with Gasteiger partial charge in [-0.3, -0.25) is 0 Å². The zero-order valence-electron chi connectivity index (χ0n) is 12.3. The van der Waals surface area contributed by atoms with E-state index < -0.39 is 0 Å². The van der Waals surface area contributed by atoms with Crippen molar-refractivity contribution in [2.45, 2.75) is 13.5 Å². The molecule has 4 heteroatoms. The molecule has 0 radical (unpaired) electrons. The summed E-state index contributed by atoms with van der Waals surface area (Å²) in [5.74, 6) is 1.11. The van der Waals surface area contributed by atoms with Crippen LogP contribution in [0, 0.1) is 6.92 Å². The van der Waals surface area contributed by atoms with Crippen LogP contribution >= 0.6 is 0 Å². The number of benzene rings is 1. The lowest BCUT2D eigenvalue weighted by molar-refractivity contribution is 0.312. The molecule has 1 aromatic carbocycles. The number of rotatable bonds is 2. The summed E-state index contributed by atoms with van der Waals surface area (Å²) >= 11 is 0. The average Bonchev–Trinajstić information content (AvgIpc) is 2.47. The molecule has 0 saturated carbocycles. The van der Waals surface area contributed by atoms with Gasteiger partial charge in [-0.1, -0.05) is 18.2 Å². The van der Waals surface area contributed by atoms with Crippen molar-refractivity contribution in [3.63, 3.8) is 0 Å². The van der Waals surface area contributed by atoms with Crippen LogP contribution in [0.25, 0.3) is 10.8 Å². The highest BCUT2D eigenvalue weighted by atomic mass is 15.3. The number of anilines is 1. The van der Waals surface area contributed by atoms with Gasteiger partial charge in [0.2, 0.25) is 0 Å². The second-order valence-electron chi connectivity index (χ2n) is 5.60. The monoisotopic (exact) mass is 270 g/mol. The first-order valence-electron chi connectivity index (χ1n) is 7.22. The molecule has 0 spiro atoms. The highest BCUT2D eigenvalue weighted by Gasteiger charge is 2.19. The van der Waals surface area contributed by atoms with Crippen molar-refractivity contribution in [1.82, 2.24) is 9.88 Å². The van der Waals surface area contributed by atoms with E-state index in [1.54, 1.807) is 0 Å². The van der Waals surface area contributed by atoms with Crippen LogP contribution in [0.5, 0.6) is 0 Å². The van der Waals surface area contributed by atoms with Crippen LogP contribution in [-0.4, -0.2) is 43.1 Å². The third-order valence-electron chi connectivity index (χ3n) is 4.11. The molecule has 4 nitrogen and oxygen atoms in total. The highest BCUT2D eigenvalue weighted by Crippen LogP contribution is 2.29. The zero-order valence-corrected chi connectivity index (χ0v) is 12.3. The van der Waals surface area contributed by atoms with E-state index in [1.165, 1.54) is 16.3 Å². The Labute approximate surface area is 120 Å². The van der Waals surface area contributed by atoms with Gasteiger partial charge in [0.15, 0.2) is 0 Å². The highest BCUT2D eigenvalue weighted by molar-refractivity contribution is 5.95. The fourth-order valence-electron chi connectivity index (χ4n) is 2.87. The third kappa shape index (κ3) is 2.37. The molecule has 0 amide bonds. The van der Waals surface area contributed by atoms with E-state index in [1.807, 2.05) is 0 Å². The van der Waals surface area contributed by atoms with Gasteiger partial charge in [0, 0.05) is 38.1 Å². The molecule has 1 aliphatic heterocycles. The maximum atomic E-state index is 5.81. The van der Waals surface area contributed by atoms with Crippen molar-refractivity contribution in [2.24, 2.45) is 5.73 Å². The number of likely N-dealkylation sites (N-methyl/N-ethyl adjacent to an activating group) is 1. The Balaban J connectivity index is 2.12. The maximum absolute atomic E-state index is 5.81. The Morgan fingerprint density at radius 3 is 2.65 bits per heavy atom. The summed E-state index contributed by atoms with van der Waals surface area (Å²) in [5.41, 5.74) is 8.06. The summed E-state index contributed by atoms with van der Waals surface area (Å²) in [6.45, 7) is 6.88. The molecule has 0 atom stereocenters. The molecule has 0 aliphatic carbocycles. The van der Waals surface area contributed by atoms with Crippen LogP contribution in [0.2, 0.25) is 0 Å². The summed E-state index contributed by atoms with van der Waals surface area (Å²) in [4.78, 5) is 9.57. The lowest BCUT2D eigenvalue weighted by Gasteiger charge is -2.34. The summed E-state index contributed by atoms with van der Waals surface area (Å²) in [6, 6.07) is 8.53. The quantitative estimate of drug-likeness (QED) is 0.903. The molecule has 2 aromatic rings. The van der Waals surface area contributed by atoms with Gasteiger partial charge in [0.1, 0.15) is 5.82 Å². The predicted molar refractivity (Wildman–Crippen MR) is 84.1 cm³/mol. The minimum atomic E-state index is 0.491. The van der Waals surface area contributed by atoms with Crippen molar-refractivity contribution in [2.75, 3.05) is 38.1 Å². The lowest BCUT2D eigenvalue weighted by Crippen LogP contribution is -2.45. The van der Waals surface area contributed by atoms with Gasteiger partial charge < -0.3 is 15.5 Å². The van der Waals surface area contributed by atoms with Gasteiger partial charge >= 0.3 is 0 Å². The Hall–Kier alpha value is -1.65. The first-order valence-corrected chi connectivity index (χ1v) is 7.22. The number of aryl methyl sites for hydroxylation is 1. The Kier molecular flexibility index (Phi) is 3.59. The number of aromatic nitrogens is 1. The molecule has 1 aliphatic rings. The number of nitrogens with two attached hydrogens (primary N) is 1. The van der Waals surface area contributed by atoms with Gasteiger partial charge in [0.05, 0.1) is 5.69 Å².